The molecule has 0 bridgehead atoms. The molecule has 0 saturated heterocycles. The van der Waals surface area contributed by atoms with Crippen LogP contribution in [0.25, 0.3) is 0 Å². The van der Waals surface area contributed by atoms with Gasteiger partial charge in [0.15, 0.2) is 0 Å². The van der Waals surface area contributed by atoms with Crippen LogP contribution in [-0.2, 0) is 0 Å². The molecule has 0 fully saturated rings. The first-order valence-electron chi connectivity index (χ1n) is 4.13. The van der Waals surface area contributed by atoms with Crippen molar-refractivity contribution >= 4 is 0 Å². The predicted molar refractivity (Wildman–Crippen MR) is 47.0 cm³/mol. The van der Waals surface area contributed by atoms with Gasteiger partial charge < -0.3 is 0 Å². The van der Waals surface area contributed by atoms with Gasteiger partial charge in [-0.25, -0.2) is 0 Å². The molecule has 0 amide bonds. The van der Waals surface area contributed by atoms with Gasteiger partial charge in [0.1, 0.15) is 0 Å². The Balaban J connectivity index is 3.13. The molecule has 0 saturated carbocycles. The highest BCUT2D eigenvalue weighted by molar-refractivity contribution is 4.81. The summed E-state index contributed by atoms with van der Waals surface area (Å²) >= 11 is 0. The van der Waals surface area contributed by atoms with E-state index in [-0.39, 0.29) is 0 Å². The van der Waals surface area contributed by atoms with Crippen molar-refractivity contribution in [2.75, 3.05) is 0 Å². The van der Waals surface area contributed by atoms with Crippen molar-refractivity contribution in [3.05, 3.63) is 17.9 Å². The van der Waals surface area contributed by atoms with Crippen LogP contribution in [0.3, 0.4) is 0 Å². The quantitative estimate of drug-likeness (QED) is 0.411. The summed E-state index contributed by atoms with van der Waals surface area (Å²) in [4.78, 5) is 0. The van der Waals surface area contributed by atoms with Crippen LogP contribution >= 0.6 is 0 Å². The zero-order chi connectivity index (χ0) is 7.82. The second-order valence-electron chi connectivity index (χ2n) is 2.98. The summed E-state index contributed by atoms with van der Waals surface area (Å²) in [5.41, 5.74) is 3.07. The maximum Gasteiger partial charge on any atom is -0.0274 e. The van der Waals surface area contributed by atoms with E-state index >= 15 is 0 Å². The molecule has 10 heavy (non-hydrogen) atoms. The Bertz CT molecular complexity index is 114. The van der Waals surface area contributed by atoms with Crippen molar-refractivity contribution in [3.8, 4) is 0 Å². The predicted octanol–water partition coefficient (Wildman–Crippen LogP) is 3.54. The molecule has 0 rings (SSSR count). The Kier molecular flexibility index (Phi) is 6.32. The van der Waals surface area contributed by atoms with E-state index in [0.717, 1.165) is 5.92 Å². The normalized spacial score (nSPS) is 9.20. The van der Waals surface area contributed by atoms with E-state index in [0.29, 0.717) is 0 Å². The van der Waals surface area contributed by atoms with Crippen LogP contribution in [0.15, 0.2) is 17.9 Å². The Labute approximate surface area is 64.6 Å². The molecule has 0 radical (unpaired) electrons. The molecule has 0 aliphatic rings. The summed E-state index contributed by atoms with van der Waals surface area (Å²) in [6, 6.07) is 0. The van der Waals surface area contributed by atoms with Gasteiger partial charge in [0.2, 0.25) is 0 Å². The van der Waals surface area contributed by atoms with Crippen molar-refractivity contribution in [1.29, 1.82) is 0 Å². The first kappa shape index (κ1) is 9.52. The fraction of sp³-hybridized carbons (Fsp3) is 0.700. The molecule has 58 valence electrons. The van der Waals surface area contributed by atoms with E-state index in [1.165, 1.54) is 19.3 Å². The van der Waals surface area contributed by atoms with Gasteiger partial charge in [-0.15, -0.1) is 5.73 Å². The molecule has 0 aromatic heterocycles. The number of hydrogen-bond acceptors (Lipinski definition) is 0. The minimum absolute atomic E-state index is 0.846. The van der Waals surface area contributed by atoms with Crippen molar-refractivity contribution in [2.24, 2.45) is 5.92 Å². The maximum atomic E-state index is 3.07. The smallest absolute Gasteiger partial charge is 0.0274 e. The minimum atomic E-state index is 0.846. The molecule has 0 aromatic carbocycles. The standard InChI is InChI=1S/C10H18/c1-4-5-6-7-8-9-10(2)3/h4,6,10H,7-9H2,1-3H3. The molecular weight excluding hydrogens is 120 g/mol. The fourth-order valence-electron chi connectivity index (χ4n) is 0.829. The van der Waals surface area contributed by atoms with Crippen molar-refractivity contribution < 1.29 is 0 Å². The van der Waals surface area contributed by atoms with Crippen LogP contribution in [0.4, 0.5) is 0 Å². The number of allylic oxidation sites excluding steroid dienone is 1. The van der Waals surface area contributed by atoms with Gasteiger partial charge in [-0.1, -0.05) is 20.3 Å². The van der Waals surface area contributed by atoms with E-state index in [1.54, 1.807) is 0 Å². The highest BCUT2D eigenvalue weighted by atomic mass is 14.0. The molecular formula is C10H18. The van der Waals surface area contributed by atoms with Gasteiger partial charge in [-0.3, -0.25) is 0 Å². The number of rotatable bonds is 4. The zero-order valence-electron chi connectivity index (χ0n) is 7.35. The molecule has 0 nitrogen and oxygen atoms in total. The third-order valence-corrected chi connectivity index (χ3v) is 1.41. The SMILES string of the molecule is CC=C=CCCCC(C)C. The van der Waals surface area contributed by atoms with Gasteiger partial charge in [0.25, 0.3) is 0 Å². The maximum absolute atomic E-state index is 3.07. The molecule has 0 aliphatic heterocycles. The van der Waals surface area contributed by atoms with E-state index in [2.05, 4.69) is 25.7 Å². The van der Waals surface area contributed by atoms with E-state index < -0.39 is 0 Å². The Hall–Kier alpha value is -0.480. The van der Waals surface area contributed by atoms with E-state index in [1.807, 2.05) is 13.0 Å². The Morgan fingerprint density at radius 1 is 1.40 bits per heavy atom. The molecule has 0 unspecified atom stereocenters. The molecule has 0 heteroatoms. The van der Waals surface area contributed by atoms with E-state index in [9.17, 15) is 0 Å². The van der Waals surface area contributed by atoms with Crippen LogP contribution in [-0.4, -0.2) is 0 Å². The van der Waals surface area contributed by atoms with Crippen molar-refractivity contribution in [1.82, 2.24) is 0 Å². The third kappa shape index (κ3) is 7.52. The topological polar surface area (TPSA) is 0 Å². The first-order chi connectivity index (χ1) is 4.77. The van der Waals surface area contributed by atoms with Crippen molar-refractivity contribution in [3.63, 3.8) is 0 Å². The van der Waals surface area contributed by atoms with Crippen LogP contribution in [0.2, 0.25) is 0 Å². The summed E-state index contributed by atoms with van der Waals surface area (Å²) in [5.74, 6) is 0.846. The second kappa shape index (κ2) is 6.64. The van der Waals surface area contributed by atoms with Crippen LogP contribution < -0.4 is 0 Å². The summed E-state index contributed by atoms with van der Waals surface area (Å²) in [6.45, 7) is 6.53. The number of hydrogen-bond donors (Lipinski definition) is 0. The fourth-order valence-corrected chi connectivity index (χ4v) is 0.829. The van der Waals surface area contributed by atoms with Crippen LogP contribution in [0.1, 0.15) is 40.0 Å². The van der Waals surface area contributed by atoms with Crippen molar-refractivity contribution in [2.45, 2.75) is 40.0 Å². The van der Waals surface area contributed by atoms with Crippen LogP contribution in [0, 0.1) is 5.92 Å². The third-order valence-electron chi connectivity index (χ3n) is 1.41. The summed E-state index contributed by atoms with van der Waals surface area (Å²) in [6.07, 6.45) is 7.89. The lowest BCUT2D eigenvalue weighted by atomic mass is 10.1. The monoisotopic (exact) mass is 138 g/mol. The largest absolute Gasteiger partial charge is 0.130 e. The zero-order valence-corrected chi connectivity index (χ0v) is 7.35. The molecule has 0 N–H and O–H groups in total. The second-order valence-corrected chi connectivity index (χ2v) is 2.98. The number of unbranched alkanes of at least 4 members (excludes halogenated alkanes) is 1. The lowest BCUT2D eigenvalue weighted by Crippen LogP contribution is -1.84. The van der Waals surface area contributed by atoms with Gasteiger partial charge in [0, 0.05) is 0 Å². The van der Waals surface area contributed by atoms with E-state index in [4.69, 9.17) is 0 Å². The molecule has 0 spiro atoms. The summed E-state index contributed by atoms with van der Waals surface area (Å²) in [5, 5.41) is 0. The van der Waals surface area contributed by atoms with Gasteiger partial charge in [-0.05, 0) is 37.8 Å². The van der Waals surface area contributed by atoms with Gasteiger partial charge in [-0.2, -0.15) is 0 Å². The average molecular weight is 138 g/mol. The van der Waals surface area contributed by atoms with Gasteiger partial charge >= 0.3 is 0 Å². The lowest BCUT2D eigenvalue weighted by molar-refractivity contribution is 0.560. The molecule has 0 heterocycles. The summed E-state index contributed by atoms with van der Waals surface area (Å²) in [7, 11) is 0. The molecule has 0 atom stereocenters. The summed E-state index contributed by atoms with van der Waals surface area (Å²) < 4.78 is 0. The Morgan fingerprint density at radius 2 is 2.10 bits per heavy atom. The highest BCUT2D eigenvalue weighted by Crippen LogP contribution is 2.05. The van der Waals surface area contributed by atoms with Gasteiger partial charge in [0.05, 0.1) is 0 Å². The minimum Gasteiger partial charge on any atom is -0.130 e. The highest BCUT2D eigenvalue weighted by Gasteiger charge is 1.90. The molecule has 0 aromatic rings. The molecule has 0 aliphatic carbocycles. The Morgan fingerprint density at radius 3 is 2.60 bits per heavy atom. The average Bonchev–Trinajstić information content (AvgIpc) is 1.87. The van der Waals surface area contributed by atoms with Crippen LogP contribution in [0.5, 0.6) is 0 Å². The lowest BCUT2D eigenvalue weighted by Gasteiger charge is -1.99. The first-order valence-corrected chi connectivity index (χ1v) is 4.13.